The zero-order chi connectivity index (χ0) is 55.1. The minimum absolute atomic E-state index is 0.000112. The molecule has 10 atom stereocenters. The number of benzene rings is 7. The van der Waals surface area contributed by atoms with Gasteiger partial charge in [-0.25, -0.2) is 33.6 Å². The molecule has 18 nitrogen and oxygen atoms in total. The van der Waals surface area contributed by atoms with Crippen LogP contribution in [-0.4, -0.2) is 122 Å². The number of hydrogen-bond acceptors (Lipinski definition) is 18. The van der Waals surface area contributed by atoms with Crippen LogP contribution in [0.3, 0.4) is 0 Å². The third-order valence-corrected chi connectivity index (χ3v) is 12.5. The van der Waals surface area contributed by atoms with Crippen molar-refractivity contribution in [2.75, 3.05) is 13.2 Å². The maximum atomic E-state index is 14.5. The molecule has 7 aromatic rings. The smallest absolute Gasteiger partial charge is 0.340 e. The summed E-state index contributed by atoms with van der Waals surface area (Å²) in [5.41, 5.74) is 0.301. The van der Waals surface area contributed by atoms with E-state index < -0.39 is 116 Å². The van der Waals surface area contributed by atoms with E-state index >= 15 is 0 Å². The maximum Gasteiger partial charge on any atom is 0.340 e. The van der Waals surface area contributed by atoms with Gasteiger partial charge in [-0.15, -0.1) is 0 Å². The summed E-state index contributed by atoms with van der Waals surface area (Å²) in [4.78, 5) is 98.3. The normalized spacial score (nSPS) is 22.4. The van der Waals surface area contributed by atoms with E-state index in [0.29, 0.717) is 0 Å². The van der Waals surface area contributed by atoms with Gasteiger partial charge in [0.25, 0.3) is 0 Å². The van der Waals surface area contributed by atoms with E-state index in [-0.39, 0.29) is 38.9 Å². The van der Waals surface area contributed by atoms with Gasteiger partial charge in [-0.1, -0.05) is 127 Å². The zero-order valence-electron chi connectivity index (χ0n) is 41.8. The van der Waals surface area contributed by atoms with Gasteiger partial charge in [0.05, 0.1) is 38.9 Å². The first kappa shape index (κ1) is 54.5. The second-order valence-electron chi connectivity index (χ2n) is 17.8. The monoisotopic (exact) mass is 1070 g/mol. The van der Waals surface area contributed by atoms with Gasteiger partial charge in [0.1, 0.15) is 37.6 Å². The van der Waals surface area contributed by atoms with Crippen molar-refractivity contribution in [2.24, 2.45) is 0 Å². The molecule has 2 aliphatic rings. The lowest BCUT2D eigenvalue weighted by Gasteiger charge is -2.48. The van der Waals surface area contributed by atoms with E-state index in [9.17, 15) is 38.7 Å². The molecule has 9 rings (SSSR count). The number of carbonyl (C=O) groups is 7. The van der Waals surface area contributed by atoms with E-state index in [0.717, 1.165) is 0 Å². The average Bonchev–Trinajstić information content (AvgIpc) is 3.63. The fourth-order valence-electron chi connectivity index (χ4n) is 8.53. The Kier molecular flexibility index (Phi) is 18.0. The average molecular weight is 1070 g/mol. The Morgan fingerprint density at radius 2 is 0.570 bits per heavy atom. The molecule has 0 radical (unpaired) electrons. The molecule has 2 fully saturated rings. The van der Waals surface area contributed by atoms with Crippen LogP contribution in [0.4, 0.5) is 0 Å². The Morgan fingerprint density at radius 1 is 0.304 bits per heavy atom. The van der Waals surface area contributed by atoms with Crippen LogP contribution in [-0.2, 0) is 47.4 Å². The first-order valence-electron chi connectivity index (χ1n) is 24.9. The lowest BCUT2D eigenvalue weighted by molar-refractivity contribution is -0.351. The molecule has 0 saturated carbocycles. The summed E-state index contributed by atoms with van der Waals surface area (Å²) in [7, 11) is 0. The van der Waals surface area contributed by atoms with Crippen molar-refractivity contribution < 1.29 is 86.0 Å². The van der Waals surface area contributed by atoms with Crippen molar-refractivity contribution >= 4 is 41.8 Å². The summed E-state index contributed by atoms with van der Waals surface area (Å²) in [6.45, 7) is -1.50. The highest BCUT2D eigenvalue weighted by molar-refractivity contribution is 5.93. The number of hydrogen-bond donors (Lipinski definition) is 1. The molecule has 0 amide bonds. The lowest BCUT2D eigenvalue weighted by atomic mass is 9.95. The second kappa shape index (κ2) is 26.1. The van der Waals surface area contributed by atoms with Crippen LogP contribution < -0.4 is 0 Å². The molecular weight excluding hydrogens is 1020 g/mol. The Hall–Kier alpha value is -9.33. The zero-order valence-corrected chi connectivity index (χ0v) is 41.8. The van der Waals surface area contributed by atoms with Crippen LogP contribution in [0.5, 0.6) is 0 Å². The number of esters is 7. The van der Waals surface area contributed by atoms with Gasteiger partial charge < -0.3 is 52.5 Å². The van der Waals surface area contributed by atoms with Crippen molar-refractivity contribution in [2.45, 2.75) is 61.4 Å². The van der Waals surface area contributed by atoms with Crippen molar-refractivity contribution in [3.63, 3.8) is 0 Å². The second-order valence-corrected chi connectivity index (χ2v) is 17.8. The van der Waals surface area contributed by atoms with Gasteiger partial charge in [-0.05, 0) is 84.9 Å². The van der Waals surface area contributed by atoms with Crippen LogP contribution >= 0.6 is 0 Å². The van der Waals surface area contributed by atoms with Crippen LogP contribution in [0.1, 0.15) is 72.5 Å². The summed E-state index contributed by atoms with van der Waals surface area (Å²) in [5.74, 6) is -6.73. The molecule has 0 aromatic heterocycles. The van der Waals surface area contributed by atoms with E-state index in [1.165, 1.54) is 84.9 Å². The number of aliphatic hydroxyl groups is 1. The Balaban J connectivity index is 1.18. The molecule has 18 heteroatoms. The molecule has 2 saturated heterocycles. The minimum Gasteiger partial charge on any atom is -0.459 e. The SMILES string of the molecule is O=C(OC[C@H]1O[C@@H](O[C@H]2[C@H](OC(=O)c3ccccc3)[C@@H](OC(=O)c3ccccc3)[C@@H](OC(=O)c3ccccc3)O[C@@H]2COC(=O)c2ccccc2)[C@H](OC(=O)c2ccccc2)[C@@H](OC(=O)c2ccccc2)[C@H]1O)c1ccccc1. The Bertz CT molecular complexity index is 3170. The van der Waals surface area contributed by atoms with Gasteiger partial charge in [-0.2, -0.15) is 0 Å². The molecule has 79 heavy (non-hydrogen) atoms. The van der Waals surface area contributed by atoms with Crippen LogP contribution in [0, 0.1) is 0 Å². The van der Waals surface area contributed by atoms with Crippen molar-refractivity contribution in [1.29, 1.82) is 0 Å². The first-order chi connectivity index (χ1) is 38.5. The molecule has 0 unspecified atom stereocenters. The number of rotatable bonds is 18. The molecular formula is C61H50O18. The van der Waals surface area contributed by atoms with Gasteiger partial charge in [-0.3, -0.25) is 0 Å². The summed E-state index contributed by atoms with van der Waals surface area (Å²) >= 11 is 0. The summed E-state index contributed by atoms with van der Waals surface area (Å²) in [5, 5.41) is 12.3. The number of ether oxygens (including phenoxy) is 10. The fraction of sp³-hybridized carbons (Fsp3) is 0.197. The van der Waals surface area contributed by atoms with Gasteiger partial charge in [0, 0.05) is 0 Å². The molecule has 0 aliphatic carbocycles. The third kappa shape index (κ3) is 13.8. The van der Waals surface area contributed by atoms with E-state index in [1.807, 2.05) is 0 Å². The van der Waals surface area contributed by atoms with Gasteiger partial charge >= 0.3 is 41.8 Å². The lowest BCUT2D eigenvalue weighted by Crippen LogP contribution is -2.67. The fourth-order valence-corrected chi connectivity index (χ4v) is 8.53. The highest BCUT2D eigenvalue weighted by Gasteiger charge is 2.58. The van der Waals surface area contributed by atoms with Crippen LogP contribution in [0.25, 0.3) is 0 Å². The van der Waals surface area contributed by atoms with Gasteiger partial charge in [0.15, 0.2) is 24.6 Å². The van der Waals surface area contributed by atoms with Crippen molar-refractivity contribution in [3.8, 4) is 0 Å². The first-order valence-corrected chi connectivity index (χ1v) is 24.9. The summed E-state index contributed by atoms with van der Waals surface area (Å²) < 4.78 is 61.9. The highest BCUT2D eigenvalue weighted by atomic mass is 16.8. The molecule has 2 aliphatic heterocycles. The Labute approximate surface area is 452 Å². The topological polar surface area (TPSA) is 232 Å². The van der Waals surface area contributed by atoms with E-state index in [2.05, 4.69) is 0 Å². The molecule has 0 bridgehead atoms. The summed E-state index contributed by atoms with van der Waals surface area (Å²) in [6.07, 6.45) is -19.0. The van der Waals surface area contributed by atoms with Crippen molar-refractivity contribution in [1.82, 2.24) is 0 Å². The maximum absolute atomic E-state index is 14.5. The molecule has 7 aromatic carbocycles. The van der Waals surface area contributed by atoms with Gasteiger partial charge in [0.2, 0.25) is 12.4 Å². The highest BCUT2D eigenvalue weighted by Crippen LogP contribution is 2.36. The standard InChI is InChI=1S/C61H50O18/c62-47-45(36-70-53(63)38-22-8-1-9-23-38)72-60(51(76-57(67)42-30-16-5-17-31-42)49(47)74-55(65)40-26-12-3-13-27-40)78-48-46(37-71-54(64)39-24-10-2-11-25-39)73-61(79-59(69)44-34-20-7-21-35-44)52(77-58(68)43-32-18-6-19-33-43)50(48)75-56(66)41-28-14-4-15-29-41/h1-35,45-52,60-62H,36-37H2/t45-,46-,47+,48-,49+,50+,51-,52-,60+,61-/m1/s1. The molecule has 1 N–H and O–H groups in total. The van der Waals surface area contributed by atoms with E-state index in [1.54, 1.807) is 127 Å². The quantitative estimate of drug-likeness (QED) is 0.0642. The minimum atomic E-state index is -2.06. The molecule has 0 spiro atoms. The molecule has 402 valence electrons. The number of aliphatic hydroxyl groups excluding tert-OH is 1. The third-order valence-electron chi connectivity index (χ3n) is 12.5. The van der Waals surface area contributed by atoms with E-state index in [4.69, 9.17) is 47.4 Å². The number of carbonyl (C=O) groups excluding carboxylic acids is 7. The van der Waals surface area contributed by atoms with Crippen LogP contribution in [0.2, 0.25) is 0 Å². The predicted molar refractivity (Wildman–Crippen MR) is 276 cm³/mol. The predicted octanol–water partition coefficient (Wildman–Crippen LogP) is 7.66. The van der Waals surface area contributed by atoms with Crippen molar-refractivity contribution in [3.05, 3.63) is 251 Å². The summed E-state index contributed by atoms with van der Waals surface area (Å²) in [6, 6.07) is 54.1. The van der Waals surface area contributed by atoms with Crippen LogP contribution in [0.15, 0.2) is 212 Å². The Morgan fingerprint density at radius 3 is 0.924 bits per heavy atom. The molecule has 2 heterocycles. The largest absolute Gasteiger partial charge is 0.459 e.